The van der Waals surface area contributed by atoms with Crippen LogP contribution in [0.2, 0.25) is 0 Å². The number of rotatable bonds is 6. The van der Waals surface area contributed by atoms with Gasteiger partial charge >= 0.3 is 0 Å². The SMILES string of the molecule is O=P(/C=C(\C=C\c1ccccc1)c1ccccc1)(c1ccccc1)c1ccccc1. The summed E-state index contributed by atoms with van der Waals surface area (Å²) in [5, 5.41) is 1.66. The Morgan fingerprint density at radius 3 is 1.50 bits per heavy atom. The quantitative estimate of drug-likeness (QED) is 0.256. The van der Waals surface area contributed by atoms with Gasteiger partial charge in [0.05, 0.1) is 0 Å². The zero-order valence-corrected chi connectivity index (χ0v) is 17.5. The fourth-order valence-electron chi connectivity index (χ4n) is 3.39. The molecule has 0 aliphatic heterocycles. The van der Waals surface area contributed by atoms with E-state index in [4.69, 9.17) is 0 Å². The van der Waals surface area contributed by atoms with Crippen molar-refractivity contribution in [3.05, 3.63) is 144 Å². The first-order valence-electron chi connectivity index (χ1n) is 9.98. The maximum atomic E-state index is 14.5. The van der Waals surface area contributed by atoms with Crippen LogP contribution in [0.4, 0.5) is 0 Å². The van der Waals surface area contributed by atoms with Gasteiger partial charge in [0.25, 0.3) is 0 Å². The highest BCUT2D eigenvalue weighted by molar-refractivity contribution is 7.81. The summed E-state index contributed by atoms with van der Waals surface area (Å²) in [5.74, 6) is 1.95. The van der Waals surface area contributed by atoms with E-state index in [1.165, 1.54) is 0 Å². The molecule has 0 fully saturated rings. The highest BCUT2D eigenvalue weighted by Crippen LogP contribution is 2.47. The molecule has 0 N–H and O–H groups in total. The molecule has 30 heavy (non-hydrogen) atoms. The number of allylic oxidation sites excluding steroid dienone is 2. The zero-order valence-electron chi connectivity index (χ0n) is 16.6. The second-order valence-electron chi connectivity index (χ2n) is 7.02. The van der Waals surface area contributed by atoms with Crippen molar-refractivity contribution in [1.29, 1.82) is 0 Å². The lowest BCUT2D eigenvalue weighted by Gasteiger charge is -2.17. The lowest BCUT2D eigenvalue weighted by atomic mass is 10.1. The van der Waals surface area contributed by atoms with Crippen LogP contribution in [-0.4, -0.2) is 0 Å². The Morgan fingerprint density at radius 1 is 0.567 bits per heavy atom. The van der Waals surface area contributed by atoms with Crippen LogP contribution in [0, 0.1) is 0 Å². The molecule has 0 saturated heterocycles. The normalized spacial score (nSPS) is 12.2. The maximum absolute atomic E-state index is 14.5. The Hall–Kier alpha value is -3.41. The Kier molecular flexibility index (Phi) is 6.23. The van der Waals surface area contributed by atoms with Crippen LogP contribution in [0.1, 0.15) is 11.1 Å². The summed E-state index contributed by atoms with van der Waals surface area (Å²) in [7, 11) is -2.98. The molecule has 146 valence electrons. The van der Waals surface area contributed by atoms with Gasteiger partial charge in [-0.15, -0.1) is 0 Å². The van der Waals surface area contributed by atoms with E-state index in [2.05, 4.69) is 36.4 Å². The molecule has 4 aromatic carbocycles. The lowest BCUT2D eigenvalue weighted by Crippen LogP contribution is -2.14. The third-order valence-corrected chi connectivity index (χ3v) is 7.73. The Morgan fingerprint density at radius 2 is 1.00 bits per heavy atom. The summed E-state index contributed by atoms with van der Waals surface area (Å²) in [6.45, 7) is 0. The van der Waals surface area contributed by atoms with Crippen LogP contribution in [0.5, 0.6) is 0 Å². The van der Waals surface area contributed by atoms with Gasteiger partial charge in [-0.2, -0.15) is 0 Å². The van der Waals surface area contributed by atoms with Crippen LogP contribution in [0.25, 0.3) is 11.6 Å². The zero-order chi connectivity index (χ0) is 20.7. The van der Waals surface area contributed by atoms with Crippen molar-refractivity contribution >= 4 is 29.4 Å². The van der Waals surface area contributed by atoms with Crippen LogP contribution in [0.15, 0.2) is 133 Å². The Balaban J connectivity index is 1.89. The molecule has 2 heteroatoms. The largest absolute Gasteiger partial charge is 0.309 e. The van der Waals surface area contributed by atoms with Crippen molar-refractivity contribution < 1.29 is 4.57 Å². The van der Waals surface area contributed by atoms with Gasteiger partial charge in [-0.3, -0.25) is 0 Å². The van der Waals surface area contributed by atoms with Gasteiger partial charge in [0.1, 0.15) is 0 Å². The predicted octanol–water partition coefficient (Wildman–Crippen LogP) is 6.76. The minimum absolute atomic E-state index is 0.831. The van der Waals surface area contributed by atoms with E-state index < -0.39 is 7.14 Å². The first kappa shape index (κ1) is 19.9. The van der Waals surface area contributed by atoms with Crippen molar-refractivity contribution in [2.24, 2.45) is 0 Å². The monoisotopic (exact) mass is 406 g/mol. The molecular weight excluding hydrogens is 383 g/mol. The Labute approximate surface area is 178 Å². The molecule has 0 aromatic heterocycles. The highest BCUT2D eigenvalue weighted by atomic mass is 31.2. The van der Waals surface area contributed by atoms with Crippen LogP contribution in [0.3, 0.4) is 0 Å². The summed E-state index contributed by atoms with van der Waals surface area (Å²) in [6, 6.07) is 39.8. The third kappa shape index (κ3) is 4.59. The summed E-state index contributed by atoms with van der Waals surface area (Å²) < 4.78 is 14.5. The van der Waals surface area contributed by atoms with Crippen molar-refractivity contribution in [1.82, 2.24) is 0 Å². The first-order valence-corrected chi connectivity index (χ1v) is 11.8. The van der Waals surface area contributed by atoms with E-state index >= 15 is 0 Å². The summed E-state index contributed by atoms with van der Waals surface area (Å²) >= 11 is 0. The molecular formula is C28H23OP. The summed E-state index contributed by atoms with van der Waals surface area (Å²) in [5.41, 5.74) is 3.08. The Bertz CT molecular complexity index is 1140. The van der Waals surface area contributed by atoms with Gasteiger partial charge in [0.2, 0.25) is 0 Å². The lowest BCUT2D eigenvalue weighted by molar-refractivity contribution is 0.592. The van der Waals surface area contributed by atoms with Gasteiger partial charge in [-0.05, 0) is 22.5 Å². The maximum Gasteiger partial charge on any atom is 0.164 e. The van der Waals surface area contributed by atoms with Gasteiger partial charge in [0, 0.05) is 10.6 Å². The van der Waals surface area contributed by atoms with Crippen molar-refractivity contribution in [3.63, 3.8) is 0 Å². The van der Waals surface area contributed by atoms with Crippen LogP contribution in [-0.2, 0) is 4.57 Å². The first-order chi connectivity index (χ1) is 14.8. The van der Waals surface area contributed by atoms with E-state index in [0.717, 1.165) is 27.3 Å². The van der Waals surface area contributed by atoms with Gasteiger partial charge in [0.15, 0.2) is 7.14 Å². The summed E-state index contributed by atoms with van der Waals surface area (Å²) in [4.78, 5) is 0. The highest BCUT2D eigenvalue weighted by Gasteiger charge is 2.25. The average Bonchev–Trinajstić information content (AvgIpc) is 2.84. The van der Waals surface area contributed by atoms with Gasteiger partial charge in [-0.25, -0.2) is 0 Å². The van der Waals surface area contributed by atoms with Crippen LogP contribution < -0.4 is 10.6 Å². The van der Waals surface area contributed by atoms with E-state index in [-0.39, 0.29) is 0 Å². The topological polar surface area (TPSA) is 17.1 Å². The van der Waals surface area contributed by atoms with Crippen molar-refractivity contribution in [2.45, 2.75) is 0 Å². The minimum atomic E-state index is -2.98. The molecule has 0 unspecified atom stereocenters. The third-order valence-electron chi connectivity index (χ3n) is 4.96. The molecule has 0 bridgehead atoms. The second kappa shape index (κ2) is 9.39. The molecule has 0 aliphatic rings. The molecule has 0 atom stereocenters. The summed E-state index contributed by atoms with van der Waals surface area (Å²) in [6.07, 6.45) is 4.13. The van der Waals surface area contributed by atoms with Crippen molar-refractivity contribution in [2.75, 3.05) is 0 Å². The molecule has 0 saturated carbocycles. The minimum Gasteiger partial charge on any atom is -0.309 e. The average molecular weight is 406 g/mol. The molecule has 0 amide bonds. The van der Waals surface area contributed by atoms with E-state index in [9.17, 15) is 4.57 Å². The smallest absolute Gasteiger partial charge is 0.164 e. The van der Waals surface area contributed by atoms with E-state index in [1.807, 2.05) is 103 Å². The van der Waals surface area contributed by atoms with Crippen LogP contribution >= 0.6 is 7.14 Å². The second-order valence-corrected chi connectivity index (χ2v) is 9.63. The van der Waals surface area contributed by atoms with E-state index in [0.29, 0.717) is 0 Å². The molecule has 0 heterocycles. The van der Waals surface area contributed by atoms with Crippen molar-refractivity contribution in [3.8, 4) is 0 Å². The molecule has 0 aliphatic carbocycles. The fraction of sp³-hybridized carbons (Fsp3) is 0. The molecule has 0 spiro atoms. The number of benzene rings is 4. The number of hydrogen-bond acceptors (Lipinski definition) is 1. The standard InChI is InChI=1S/C28H23OP/c29-30(27-17-9-3-10-18-27,28-19-11-4-12-20-28)23-26(25-15-7-2-8-16-25)22-21-24-13-5-1-6-14-24/h1-23H/b22-21+,26-23+. The number of hydrogen-bond donors (Lipinski definition) is 0. The van der Waals surface area contributed by atoms with Gasteiger partial charge in [-0.1, -0.05) is 133 Å². The fourth-order valence-corrected chi connectivity index (χ4v) is 5.84. The van der Waals surface area contributed by atoms with E-state index in [1.54, 1.807) is 0 Å². The molecule has 4 rings (SSSR count). The predicted molar refractivity (Wildman–Crippen MR) is 130 cm³/mol. The molecule has 0 radical (unpaired) electrons. The molecule has 4 aromatic rings. The van der Waals surface area contributed by atoms with Gasteiger partial charge < -0.3 is 4.57 Å². The molecule has 1 nitrogen and oxygen atoms in total.